The van der Waals surface area contributed by atoms with E-state index in [4.69, 9.17) is 9.47 Å². The summed E-state index contributed by atoms with van der Waals surface area (Å²) in [6, 6.07) is 10.2. The van der Waals surface area contributed by atoms with Crippen LogP contribution in [0.5, 0.6) is 5.75 Å². The lowest BCUT2D eigenvalue weighted by Crippen LogP contribution is -2.35. The second-order valence-electron chi connectivity index (χ2n) is 7.63. The molecule has 1 aliphatic heterocycles. The van der Waals surface area contributed by atoms with E-state index in [9.17, 15) is 4.79 Å². The van der Waals surface area contributed by atoms with Gasteiger partial charge in [0.15, 0.2) is 0 Å². The Morgan fingerprint density at radius 2 is 2.12 bits per heavy atom. The molecule has 26 heavy (non-hydrogen) atoms. The van der Waals surface area contributed by atoms with E-state index >= 15 is 0 Å². The SMILES string of the molecule is Cc1ccc(-c2cccc3c2OCC[C@H]3CNC(=O)OC(C)(C)C)cn1. The minimum absolute atomic E-state index is 0.199. The zero-order valence-corrected chi connectivity index (χ0v) is 15.8. The first kappa shape index (κ1) is 18.2. The van der Waals surface area contributed by atoms with E-state index in [1.807, 2.05) is 46.0 Å². The van der Waals surface area contributed by atoms with Crippen molar-refractivity contribution < 1.29 is 14.3 Å². The number of nitrogens with one attached hydrogen (secondary N) is 1. The molecule has 0 saturated heterocycles. The largest absolute Gasteiger partial charge is 0.493 e. The standard InChI is InChI=1S/C21H26N2O3/c1-14-8-9-15(12-22-14)17-6-5-7-18-16(10-11-25-19(17)18)13-23-20(24)26-21(2,3)4/h5-9,12,16H,10-11,13H2,1-4H3,(H,23,24)/t16-/m0/s1. The summed E-state index contributed by atoms with van der Waals surface area (Å²) in [6.45, 7) is 8.71. The van der Waals surface area contributed by atoms with Crippen molar-refractivity contribution in [2.75, 3.05) is 13.2 Å². The van der Waals surface area contributed by atoms with Crippen LogP contribution in [0.15, 0.2) is 36.5 Å². The average molecular weight is 354 g/mol. The fourth-order valence-corrected chi connectivity index (χ4v) is 3.08. The van der Waals surface area contributed by atoms with Crippen LogP contribution in [0.4, 0.5) is 4.79 Å². The van der Waals surface area contributed by atoms with E-state index in [2.05, 4.69) is 28.5 Å². The zero-order chi connectivity index (χ0) is 18.7. The Morgan fingerprint density at radius 1 is 1.31 bits per heavy atom. The Bertz CT molecular complexity index is 779. The lowest BCUT2D eigenvalue weighted by molar-refractivity contribution is 0.0521. The summed E-state index contributed by atoms with van der Waals surface area (Å²) in [5, 5.41) is 2.89. The van der Waals surface area contributed by atoms with Crippen LogP contribution in [0.3, 0.4) is 0 Å². The summed E-state index contributed by atoms with van der Waals surface area (Å²) in [7, 11) is 0. The van der Waals surface area contributed by atoms with Crippen molar-refractivity contribution in [1.29, 1.82) is 0 Å². The molecule has 1 N–H and O–H groups in total. The molecule has 0 saturated carbocycles. The number of benzene rings is 1. The van der Waals surface area contributed by atoms with E-state index in [0.29, 0.717) is 13.2 Å². The molecular weight excluding hydrogens is 328 g/mol. The minimum Gasteiger partial charge on any atom is -0.493 e. The maximum absolute atomic E-state index is 12.0. The van der Waals surface area contributed by atoms with Crippen LogP contribution < -0.4 is 10.1 Å². The molecule has 2 heterocycles. The number of aryl methyl sites for hydroxylation is 1. The third kappa shape index (κ3) is 4.34. The van der Waals surface area contributed by atoms with Gasteiger partial charge in [-0.3, -0.25) is 4.98 Å². The minimum atomic E-state index is -0.497. The lowest BCUT2D eigenvalue weighted by Gasteiger charge is -2.28. The highest BCUT2D eigenvalue weighted by Crippen LogP contribution is 2.40. The molecule has 0 unspecified atom stereocenters. The van der Waals surface area contributed by atoms with E-state index in [1.54, 1.807) is 0 Å². The molecule has 0 bridgehead atoms. The molecule has 0 fully saturated rings. The molecule has 1 atom stereocenters. The monoisotopic (exact) mass is 354 g/mol. The summed E-state index contributed by atoms with van der Waals surface area (Å²) in [4.78, 5) is 16.3. The number of alkyl carbamates (subject to hydrolysis) is 1. The van der Waals surface area contributed by atoms with E-state index in [-0.39, 0.29) is 12.0 Å². The van der Waals surface area contributed by atoms with Crippen molar-refractivity contribution in [2.45, 2.75) is 45.6 Å². The van der Waals surface area contributed by atoms with Gasteiger partial charge in [-0.15, -0.1) is 0 Å². The second-order valence-corrected chi connectivity index (χ2v) is 7.63. The molecule has 138 valence electrons. The average Bonchev–Trinajstić information content (AvgIpc) is 2.58. The summed E-state index contributed by atoms with van der Waals surface area (Å²) in [5.41, 5.74) is 3.68. The van der Waals surface area contributed by atoms with Crippen molar-refractivity contribution in [2.24, 2.45) is 0 Å². The molecule has 3 rings (SSSR count). The first-order valence-corrected chi connectivity index (χ1v) is 8.99. The van der Waals surface area contributed by atoms with Crippen LogP contribution in [0, 0.1) is 6.92 Å². The van der Waals surface area contributed by atoms with Crippen molar-refractivity contribution in [1.82, 2.24) is 10.3 Å². The van der Waals surface area contributed by atoms with Crippen LogP contribution in [0.25, 0.3) is 11.1 Å². The Hall–Kier alpha value is -2.56. The van der Waals surface area contributed by atoms with Gasteiger partial charge < -0.3 is 14.8 Å². The summed E-state index contributed by atoms with van der Waals surface area (Å²) in [6.07, 6.45) is 2.35. The maximum atomic E-state index is 12.0. The van der Waals surface area contributed by atoms with Crippen molar-refractivity contribution in [3.63, 3.8) is 0 Å². The van der Waals surface area contributed by atoms with Crippen LogP contribution in [0.2, 0.25) is 0 Å². The van der Waals surface area contributed by atoms with Gasteiger partial charge in [0.05, 0.1) is 6.61 Å². The van der Waals surface area contributed by atoms with E-state index in [1.165, 1.54) is 0 Å². The fraction of sp³-hybridized carbons (Fsp3) is 0.429. The number of carbonyl (C=O) groups excluding carboxylic acids is 1. The van der Waals surface area contributed by atoms with Crippen molar-refractivity contribution in [3.05, 3.63) is 47.8 Å². The summed E-state index contributed by atoms with van der Waals surface area (Å²) >= 11 is 0. The van der Waals surface area contributed by atoms with E-state index < -0.39 is 5.60 Å². The van der Waals surface area contributed by atoms with Gasteiger partial charge in [-0.2, -0.15) is 0 Å². The number of para-hydroxylation sites is 1. The number of amides is 1. The smallest absolute Gasteiger partial charge is 0.407 e. The first-order valence-electron chi connectivity index (χ1n) is 8.99. The summed E-state index contributed by atoms with van der Waals surface area (Å²) < 4.78 is 11.3. The van der Waals surface area contributed by atoms with Gasteiger partial charge in [0.1, 0.15) is 11.4 Å². The number of aromatic nitrogens is 1. The molecule has 5 nitrogen and oxygen atoms in total. The van der Waals surface area contributed by atoms with Gasteiger partial charge in [0.2, 0.25) is 0 Å². The number of carbonyl (C=O) groups is 1. The fourth-order valence-electron chi connectivity index (χ4n) is 3.08. The van der Waals surface area contributed by atoms with Crippen LogP contribution >= 0.6 is 0 Å². The normalized spacial score (nSPS) is 16.4. The Kier molecular flexibility index (Phi) is 5.16. The Morgan fingerprint density at radius 3 is 2.81 bits per heavy atom. The zero-order valence-electron chi connectivity index (χ0n) is 15.8. The summed E-state index contributed by atoms with van der Waals surface area (Å²) in [5.74, 6) is 1.09. The molecule has 1 aromatic heterocycles. The lowest BCUT2D eigenvalue weighted by atomic mass is 9.90. The van der Waals surface area contributed by atoms with Gasteiger partial charge in [-0.1, -0.05) is 24.3 Å². The van der Waals surface area contributed by atoms with Gasteiger partial charge in [0, 0.05) is 35.5 Å². The number of hydrogen-bond acceptors (Lipinski definition) is 4. The predicted molar refractivity (Wildman–Crippen MR) is 101 cm³/mol. The number of pyridine rings is 1. The Balaban J connectivity index is 1.79. The molecular formula is C21H26N2O3. The second kappa shape index (κ2) is 7.36. The third-order valence-electron chi connectivity index (χ3n) is 4.31. The van der Waals surface area contributed by atoms with Gasteiger partial charge in [-0.25, -0.2) is 4.79 Å². The number of ether oxygens (including phenoxy) is 2. The predicted octanol–water partition coefficient (Wildman–Crippen LogP) is 4.45. The quantitative estimate of drug-likeness (QED) is 0.885. The highest BCUT2D eigenvalue weighted by Gasteiger charge is 2.25. The highest BCUT2D eigenvalue weighted by atomic mass is 16.6. The maximum Gasteiger partial charge on any atom is 0.407 e. The number of nitrogens with zero attached hydrogens (tertiary/aromatic N) is 1. The number of hydrogen-bond donors (Lipinski definition) is 1. The molecule has 0 spiro atoms. The topological polar surface area (TPSA) is 60.5 Å². The van der Waals surface area contributed by atoms with Crippen LogP contribution in [-0.4, -0.2) is 29.8 Å². The molecule has 1 aliphatic rings. The van der Waals surface area contributed by atoms with Crippen LogP contribution in [0.1, 0.15) is 44.4 Å². The van der Waals surface area contributed by atoms with E-state index in [0.717, 1.165) is 34.6 Å². The van der Waals surface area contributed by atoms with Gasteiger partial charge >= 0.3 is 6.09 Å². The molecule has 0 radical (unpaired) electrons. The number of rotatable bonds is 3. The van der Waals surface area contributed by atoms with Gasteiger partial charge in [-0.05, 0) is 45.7 Å². The van der Waals surface area contributed by atoms with Crippen molar-refractivity contribution >= 4 is 6.09 Å². The van der Waals surface area contributed by atoms with Crippen LogP contribution in [-0.2, 0) is 4.74 Å². The molecule has 1 aromatic carbocycles. The first-order chi connectivity index (χ1) is 12.3. The van der Waals surface area contributed by atoms with Gasteiger partial charge in [0.25, 0.3) is 0 Å². The molecule has 2 aromatic rings. The van der Waals surface area contributed by atoms with Crippen molar-refractivity contribution in [3.8, 4) is 16.9 Å². The number of fused-ring (bicyclic) bond motifs is 1. The third-order valence-corrected chi connectivity index (χ3v) is 4.31. The highest BCUT2D eigenvalue weighted by molar-refractivity contribution is 5.72. The Labute approximate surface area is 154 Å². The molecule has 1 amide bonds. The molecule has 0 aliphatic carbocycles. The molecule has 5 heteroatoms.